The Morgan fingerprint density at radius 2 is 0.600 bits per heavy atom. The zero-order chi connectivity index (χ0) is 61.3. The molecule has 1 amide bonds. The molecule has 0 aliphatic heterocycles. The number of aliphatic hydroxyl groups excluding tert-OH is 2. The highest BCUT2D eigenvalue weighted by Gasteiger charge is 2.18. The van der Waals surface area contributed by atoms with Crippen LogP contribution in [0.15, 0.2) is 48.6 Å². The topological polar surface area (TPSA) is 95.9 Å². The minimum atomic E-state index is -0.845. The Balaban J connectivity index is 3.39. The summed E-state index contributed by atoms with van der Waals surface area (Å²) < 4.78 is 5.48. The molecule has 2 atom stereocenters. The van der Waals surface area contributed by atoms with E-state index < -0.39 is 12.1 Å². The van der Waals surface area contributed by atoms with Gasteiger partial charge in [0.25, 0.3) is 0 Å². The molecule has 0 aromatic carbocycles. The summed E-state index contributed by atoms with van der Waals surface area (Å²) in [4.78, 5) is 24.6. The van der Waals surface area contributed by atoms with E-state index in [9.17, 15) is 19.8 Å². The van der Waals surface area contributed by atoms with E-state index in [1.54, 1.807) is 6.08 Å². The first kappa shape index (κ1) is 82.8. The lowest BCUT2D eigenvalue weighted by Crippen LogP contribution is -2.45. The Hall–Kier alpha value is -2.18. The lowest BCUT2D eigenvalue weighted by Gasteiger charge is -2.20. The average molecular weight is 1190 g/mol. The normalized spacial score (nSPS) is 12.8. The van der Waals surface area contributed by atoms with Gasteiger partial charge in [0.05, 0.1) is 25.4 Å². The monoisotopic (exact) mass is 1190 g/mol. The molecule has 0 radical (unpaired) electrons. The highest BCUT2D eigenvalue weighted by Crippen LogP contribution is 2.19. The Morgan fingerprint density at radius 3 is 0.941 bits per heavy atom. The van der Waals surface area contributed by atoms with Gasteiger partial charge < -0.3 is 20.3 Å². The molecule has 6 heteroatoms. The van der Waals surface area contributed by atoms with Crippen molar-refractivity contribution in [1.29, 1.82) is 0 Å². The van der Waals surface area contributed by atoms with Gasteiger partial charge in [0.15, 0.2) is 0 Å². The van der Waals surface area contributed by atoms with E-state index in [1.807, 2.05) is 6.08 Å². The molecular weight excluding hydrogens is 1040 g/mol. The predicted molar refractivity (Wildman–Crippen MR) is 375 cm³/mol. The molecule has 0 saturated heterocycles. The summed E-state index contributed by atoms with van der Waals surface area (Å²) in [6, 6.07) is -0.628. The molecular formula is C79H149NO5. The minimum Gasteiger partial charge on any atom is -0.466 e. The van der Waals surface area contributed by atoms with Gasteiger partial charge in [-0.25, -0.2) is 0 Å². The van der Waals surface area contributed by atoms with E-state index in [0.29, 0.717) is 19.4 Å². The molecule has 0 fully saturated rings. The molecule has 3 N–H and O–H groups in total. The van der Waals surface area contributed by atoms with Crippen molar-refractivity contribution in [2.24, 2.45) is 0 Å². The van der Waals surface area contributed by atoms with Gasteiger partial charge in [-0.1, -0.05) is 371 Å². The van der Waals surface area contributed by atoms with Crippen LogP contribution in [-0.2, 0) is 14.3 Å². The number of unbranched alkanes of at least 4 members (excludes halogenated alkanes) is 55. The van der Waals surface area contributed by atoms with E-state index in [0.717, 1.165) is 51.4 Å². The van der Waals surface area contributed by atoms with Gasteiger partial charge in [0.1, 0.15) is 0 Å². The van der Waals surface area contributed by atoms with Crippen LogP contribution in [0.3, 0.4) is 0 Å². The van der Waals surface area contributed by atoms with Crippen LogP contribution < -0.4 is 5.32 Å². The molecule has 0 aliphatic rings. The smallest absolute Gasteiger partial charge is 0.305 e. The number of esters is 1. The fraction of sp³-hybridized carbons (Fsp3) is 0.873. The van der Waals surface area contributed by atoms with Crippen molar-refractivity contribution in [3.8, 4) is 0 Å². The molecule has 500 valence electrons. The molecule has 6 nitrogen and oxygen atoms in total. The molecule has 0 heterocycles. The zero-order valence-corrected chi connectivity index (χ0v) is 57.4. The number of hydrogen-bond acceptors (Lipinski definition) is 5. The molecule has 0 rings (SSSR count). The third-order valence-electron chi connectivity index (χ3n) is 17.8. The Labute approximate surface area is 531 Å². The number of nitrogens with one attached hydrogen (secondary N) is 1. The molecule has 0 aliphatic carbocycles. The van der Waals surface area contributed by atoms with Crippen molar-refractivity contribution < 1.29 is 24.5 Å². The van der Waals surface area contributed by atoms with Crippen molar-refractivity contribution in [1.82, 2.24) is 5.32 Å². The summed E-state index contributed by atoms with van der Waals surface area (Å²) >= 11 is 0. The molecule has 85 heavy (non-hydrogen) atoms. The summed E-state index contributed by atoms with van der Waals surface area (Å²) in [6.07, 6.45) is 97.9. The zero-order valence-electron chi connectivity index (χ0n) is 57.4. The first-order chi connectivity index (χ1) is 42.0. The SMILES string of the molecule is CCCC/C=C\C/C=C\CCCCCCCC(=O)OCCCCCCCCCCCCCC/C=C\CCCCCCCCCCCCCCCCCC(=O)NC(CO)C(O)/C=C/CCCCCCCCCCCCCCCCCCCCCCC. The van der Waals surface area contributed by atoms with Crippen LogP contribution in [0, 0.1) is 0 Å². The number of ether oxygens (including phenoxy) is 1. The number of allylic oxidation sites excluding steroid dienone is 7. The molecule has 0 aromatic heterocycles. The van der Waals surface area contributed by atoms with E-state index in [2.05, 4.69) is 55.6 Å². The largest absolute Gasteiger partial charge is 0.466 e. The maximum atomic E-state index is 12.5. The number of rotatable bonds is 72. The fourth-order valence-electron chi connectivity index (χ4n) is 11.9. The third kappa shape index (κ3) is 70.8. The first-order valence-corrected chi connectivity index (χ1v) is 38.4. The molecule has 0 aromatic rings. The number of aliphatic hydroxyl groups is 2. The van der Waals surface area contributed by atoms with Crippen molar-refractivity contribution >= 4 is 11.9 Å². The molecule has 0 bridgehead atoms. The van der Waals surface area contributed by atoms with E-state index in [-0.39, 0.29) is 18.5 Å². The highest BCUT2D eigenvalue weighted by atomic mass is 16.5. The quantitative estimate of drug-likeness (QED) is 0.0320. The van der Waals surface area contributed by atoms with Crippen LogP contribution in [0.1, 0.15) is 418 Å². The number of amides is 1. The lowest BCUT2D eigenvalue weighted by molar-refractivity contribution is -0.143. The third-order valence-corrected chi connectivity index (χ3v) is 17.8. The van der Waals surface area contributed by atoms with Crippen LogP contribution >= 0.6 is 0 Å². The van der Waals surface area contributed by atoms with Gasteiger partial charge >= 0.3 is 5.97 Å². The summed E-state index contributed by atoms with van der Waals surface area (Å²) in [5, 5.41) is 23.3. The Morgan fingerprint density at radius 1 is 0.329 bits per heavy atom. The highest BCUT2D eigenvalue weighted by molar-refractivity contribution is 5.76. The molecule has 2 unspecified atom stereocenters. The maximum Gasteiger partial charge on any atom is 0.305 e. The number of carbonyl (C=O) groups is 2. The van der Waals surface area contributed by atoms with Crippen LogP contribution in [0.4, 0.5) is 0 Å². The summed E-state index contributed by atoms with van der Waals surface area (Å²) in [5.41, 5.74) is 0. The second kappa shape index (κ2) is 74.3. The van der Waals surface area contributed by atoms with Crippen molar-refractivity contribution in [3.05, 3.63) is 48.6 Å². The van der Waals surface area contributed by atoms with Gasteiger partial charge in [-0.15, -0.1) is 0 Å². The van der Waals surface area contributed by atoms with E-state index in [4.69, 9.17) is 4.74 Å². The van der Waals surface area contributed by atoms with Gasteiger partial charge in [0.2, 0.25) is 5.91 Å². The second-order valence-electron chi connectivity index (χ2n) is 26.3. The summed E-state index contributed by atoms with van der Waals surface area (Å²) in [6.45, 7) is 4.90. The Kier molecular flexibility index (Phi) is 72.4. The second-order valence-corrected chi connectivity index (χ2v) is 26.3. The minimum absolute atomic E-state index is 0.00303. The van der Waals surface area contributed by atoms with Crippen molar-refractivity contribution in [2.75, 3.05) is 13.2 Å². The van der Waals surface area contributed by atoms with Crippen LogP contribution in [0.5, 0.6) is 0 Å². The average Bonchev–Trinajstić information content (AvgIpc) is 3.50. The fourth-order valence-corrected chi connectivity index (χ4v) is 11.9. The van der Waals surface area contributed by atoms with Crippen molar-refractivity contribution in [3.63, 3.8) is 0 Å². The van der Waals surface area contributed by atoms with Crippen molar-refractivity contribution in [2.45, 2.75) is 431 Å². The van der Waals surface area contributed by atoms with Crippen LogP contribution in [0.25, 0.3) is 0 Å². The number of carbonyl (C=O) groups excluding carboxylic acids is 2. The summed E-state index contributed by atoms with van der Waals surface area (Å²) in [7, 11) is 0. The van der Waals surface area contributed by atoms with Gasteiger partial charge in [-0.05, 0) is 83.5 Å². The van der Waals surface area contributed by atoms with Gasteiger partial charge in [0, 0.05) is 12.8 Å². The standard InChI is InChI=1S/C79H149NO5/c1-3-5-7-9-11-13-15-17-19-20-21-22-32-35-38-41-44-47-51-55-59-63-67-71-77(82)76(75-81)80-78(83)72-68-64-60-56-52-48-45-42-39-36-33-30-28-26-24-23-25-27-29-31-34-37-40-43-46-50-54-58-62-66-70-74-85-79(84)73-69-65-61-57-53-49-18-16-14-12-10-8-6-4-2/h10,12,16,18,25,27,67,71,76-77,81-82H,3-9,11,13-15,17,19-24,26,28-66,68-70,72-75H2,1-2H3,(H,80,83)/b12-10-,18-16-,27-25-,71-67+. The Bertz CT molecular complexity index is 1420. The molecule has 0 spiro atoms. The maximum absolute atomic E-state index is 12.5. The van der Waals surface area contributed by atoms with E-state index >= 15 is 0 Å². The number of hydrogen-bond donors (Lipinski definition) is 3. The van der Waals surface area contributed by atoms with Crippen LogP contribution in [0.2, 0.25) is 0 Å². The first-order valence-electron chi connectivity index (χ1n) is 38.4. The van der Waals surface area contributed by atoms with Gasteiger partial charge in [-0.2, -0.15) is 0 Å². The van der Waals surface area contributed by atoms with Gasteiger partial charge in [-0.3, -0.25) is 9.59 Å². The lowest BCUT2D eigenvalue weighted by atomic mass is 10.0. The predicted octanol–water partition coefficient (Wildman–Crippen LogP) is 25.2. The molecule has 0 saturated carbocycles. The van der Waals surface area contributed by atoms with E-state index in [1.165, 1.54) is 340 Å². The van der Waals surface area contributed by atoms with Crippen LogP contribution in [-0.4, -0.2) is 47.4 Å². The summed E-state index contributed by atoms with van der Waals surface area (Å²) in [5.74, 6) is -0.0587.